The molecule has 8 heteroatoms. The van der Waals surface area contributed by atoms with Gasteiger partial charge in [0.25, 0.3) is 5.91 Å². The second-order valence-corrected chi connectivity index (χ2v) is 5.58. The Labute approximate surface area is 128 Å². The number of hydrogen-bond acceptors (Lipinski definition) is 5. The second-order valence-electron chi connectivity index (χ2n) is 5.58. The Morgan fingerprint density at radius 1 is 1.41 bits per heavy atom. The normalized spacial score (nSPS) is 22.7. The van der Waals surface area contributed by atoms with Crippen LogP contribution in [0.4, 0.5) is 0 Å². The molecule has 22 heavy (non-hydrogen) atoms. The van der Waals surface area contributed by atoms with Gasteiger partial charge in [0.2, 0.25) is 5.91 Å². The van der Waals surface area contributed by atoms with Gasteiger partial charge in [-0.1, -0.05) is 0 Å². The van der Waals surface area contributed by atoms with E-state index in [9.17, 15) is 9.59 Å². The molecular formula is C14H20N6O2. The van der Waals surface area contributed by atoms with Gasteiger partial charge in [0.15, 0.2) is 0 Å². The molecule has 1 atom stereocenters. The highest BCUT2D eigenvalue weighted by atomic mass is 16.2. The van der Waals surface area contributed by atoms with Crippen LogP contribution in [0.5, 0.6) is 0 Å². The summed E-state index contributed by atoms with van der Waals surface area (Å²) in [6.45, 7) is 3.69. The fourth-order valence-electron chi connectivity index (χ4n) is 2.95. The van der Waals surface area contributed by atoms with Gasteiger partial charge in [-0.25, -0.2) is 14.7 Å². The van der Waals surface area contributed by atoms with Crippen molar-refractivity contribution >= 4 is 17.5 Å². The van der Waals surface area contributed by atoms with Crippen LogP contribution in [0.3, 0.4) is 0 Å². The third-order valence-electron chi connectivity index (χ3n) is 4.15. The Balaban J connectivity index is 1.70. The van der Waals surface area contributed by atoms with Crippen LogP contribution in [-0.4, -0.2) is 61.8 Å². The predicted molar refractivity (Wildman–Crippen MR) is 78.9 cm³/mol. The molecule has 1 saturated heterocycles. The van der Waals surface area contributed by atoms with Crippen molar-refractivity contribution in [3.63, 3.8) is 0 Å². The highest BCUT2D eigenvalue weighted by Gasteiger charge is 2.30. The van der Waals surface area contributed by atoms with E-state index in [4.69, 9.17) is 0 Å². The first-order chi connectivity index (χ1) is 10.7. The van der Waals surface area contributed by atoms with Gasteiger partial charge in [-0.3, -0.25) is 9.59 Å². The van der Waals surface area contributed by atoms with E-state index in [-0.39, 0.29) is 17.9 Å². The summed E-state index contributed by atoms with van der Waals surface area (Å²) in [7, 11) is 0. The van der Waals surface area contributed by atoms with Gasteiger partial charge in [0, 0.05) is 32.5 Å². The standard InChI is InChI=1S/C14H20N6O2/c1-2-19-13(21)6-5-12(17-19)14(22)18-7-3-4-11(8-18)20-10-15-9-16-20/h9-11H,2-8H2,1H3/t11-/m1/s1. The lowest BCUT2D eigenvalue weighted by Crippen LogP contribution is -2.46. The summed E-state index contributed by atoms with van der Waals surface area (Å²) < 4.78 is 1.81. The minimum Gasteiger partial charge on any atom is -0.335 e. The smallest absolute Gasteiger partial charge is 0.270 e. The molecule has 2 aliphatic heterocycles. The topological polar surface area (TPSA) is 83.7 Å². The van der Waals surface area contributed by atoms with Gasteiger partial charge in [-0.15, -0.1) is 0 Å². The van der Waals surface area contributed by atoms with Gasteiger partial charge in [-0.2, -0.15) is 10.2 Å². The number of piperidine rings is 1. The molecule has 0 N–H and O–H groups in total. The molecule has 1 aromatic rings. The van der Waals surface area contributed by atoms with E-state index in [1.54, 1.807) is 6.33 Å². The maximum atomic E-state index is 12.6. The molecule has 0 aromatic carbocycles. The van der Waals surface area contributed by atoms with Crippen LogP contribution in [0.2, 0.25) is 0 Å². The minimum atomic E-state index is -0.0595. The summed E-state index contributed by atoms with van der Waals surface area (Å²) in [5.41, 5.74) is 0.487. The number of likely N-dealkylation sites (tertiary alicyclic amines) is 1. The Hall–Kier alpha value is -2.25. The van der Waals surface area contributed by atoms with E-state index in [1.165, 1.54) is 11.3 Å². The third-order valence-corrected chi connectivity index (χ3v) is 4.15. The van der Waals surface area contributed by atoms with Crippen molar-refractivity contribution in [2.24, 2.45) is 5.10 Å². The average Bonchev–Trinajstić information content (AvgIpc) is 3.09. The van der Waals surface area contributed by atoms with E-state index in [0.29, 0.717) is 31.6 Å². The molecule has 0 bridgehead atoms. The van der Waals surface area contributed by atoms with Crippen molar-refractivity contribution in [1.29, 1.82) is 0 Å². The lowest BCUT2D eigenvalue weighted by Gasteiger charge is -2.33. The van der Waals surface area contributed by atoms with Crippen LogP contribution < -0.4 is 0 Å². The molecule has 3 rings (SSSR count). The van der Waals surface area contributed by atoms with Crippen LogP contribution in [0.25, 0.3) is 0 Å². The van der Waals surface area contributed by atoms with Gasteiger partial charge in [-0.05, 0) is 19.8 Å². The highest BCUT2D eigenvalue weighted by Crippen LogP contribution is 2.21. The van der Waals surface area contributed by atoms with Gasteiger partial charge < -0.3 is 4.90 Å². The number of aromatic nitrogens is 3. The molecule has 0 saturated carbocycles. The molecule has 0 unspecified atom stereocenters. The maximum Gasteiger partial charge on any atom is 0.270 e. The van der Waals surface area contributed by atoms with Crippen LogP contribution in [-0.2, 0) is 9.59 Å². The zero-order chi connectivity index (χ0) is 15.5. The third kappa shape index (κ3) is 2.86. The summed E-state index contributed by atoms with van der Waals surface area (Å²) in [5, 5.41) is 9.77. The zero-order valence-electron chi connectivity index (χ0n) is 12.7. The van der Waals surface area contributed by atoms with Crippen molar-refractivity contribution in [2.45, 2.75) is 38.6 Å². The molecule has 8 nitrogen and oxygen atoms in total. The van der Waals surface area contributed by atoms with Crippen molar-refractivity contribution in [3.05, 3.63) is 12.7 Å². The number of hydrazone groups is 1. The lowest BCUT2D eigenvalue weighted by molar-refractivity contribution is -0.132. The number of rotatable bonds is 3. The van der Waals surface area contributed by atoms with Crippen molar-refractivity contribution in [3.8, 4) is 0 Å². The molecule has 118 valence electrons. The molecule has 1 fully saturated rings. The monoisotopic (exact) mass is 304 g/mol. The fraction of sp³-hybridized carbons (Fsp3) is 0.643. The van der Waals surface area contributed by atoms with Gasteiger partial charge in [0.05, 0.1) is 6.04 Å². The van der Waals surface area contributed by atoms with Crippen molar-refractivity contribution in [2.75, 3.05) is 19.6 Å². The molecule has 0 aliphatic carbocycles. The summed E-state index contributed by atoms with van der Waals surface area (Å²) in [6, 6.07) is 0.160. The largest absolute Gasteiger partial charge is 0.335 e. The SMILES string of the molecule is CCN1N=C(C(=O)N2CCC[C@@H](n3cncn3)C2)CCC1=O. The first kappa shape index (κ1) is 14.7. The predicted octanol–water partition coefficient (Wildman–Crippen LogP) is 0.440. The van der Waals surface area contributed by atoms with Crippen LogP contribution in [0.15, 0.2) is 17.8 Å². The summed E-state index contributed by atoms with van der Waals surface area (Å²) in [4.78, 5) is 30.1. The number of carbonyl (C=O) groups is 2. The fourth-order valence-corrected chi connectivity index (χ4v) is 2.95. The number of amides is 2. The van der Waals surface area contributed by atoms with E-state index in [1.807, 2.05) is 16.5 Å². The first-order valence-electron chi connectivity index (χ1n) is 7.70. The van der Waals surface area contributed by atoms with E-state index >= 15 is 0 Å². The molecule has 0 radical (unpaired) electrons. The maximum absolute atomic E-state index is 12.6. The Morgan fingerprint density at radius 2 is 2.27 bits per heavy atom. The lowest BCUT2D eigenvalue weighted by atomic mass is 10.0. The number of carbonyl (C=O) groups excluding carboxylic acids is 2. The molecule has 0 spiro atoms. The van der Waals surface area contributed by atoms with Crippen molar-refractivity contribution in [1.82, 2.24) is 24.7 Å². The summed E-state index contributed by atoms with van der Waals surface area (Å²) in [6.07, 6.45) is 5.90. The van der Waals surface area contributed by atoms with Crippen molar-refractivity contribution < 1.29 is 9.59 Å². The van der Waals surface area contributed by atoms with E-state index in [2.05, 4.69) is 15.2 Å². The summed E-state index contributed by atoms with van der Waals surface area (Å²) in [5.74, 6) is -0.0750. The van der Waals surface area contributed by atoms with E-state index in [0.717, 1.165) is 19.4 Å². The minimum absolute atomic E-state index is 0.0156. The highest BCUT2D eigenvalue weighted by molar-refractivity contribution is 6.39. The van der Waals surface area contributed by atoms with Crippen LogP contribution >= 0.6 is 0 Å². The Morgan fingerprint density at radius 3 is 3.00 bits per heavy atom. The molecule has 2 aliphatic rings. The zero-order valence-corrected chi connectivity index (χ0v) is 12.7. The first-order valence-corrected chi connectivity index (χ1v) is 7.70. The molecule has 2 amide bonds. The Bertz CT molecular complexity index is 582. The van der Waals surface area contributed by atoms with Gasteiger partial charge >= 0.3 is 0 Å². The molecular weight excluding hydrogens is 284 g/mol. The quantitative estimate of drug-likeness (QED) is 0.811. The number of nitrogens with zero attached hydrogens (tertiary/aromatic N) is 6. The summed E-state index contributed by atoms with van der Waals surface area (Å²) >= 11 is 0. The van der Waals surface area contributed by atoms with Crippen LogP contribution in [0.1, 0.15) is 38.6 Å². The number of hydrogen-bond donors (Lipinski definition) is 0. The van der Waals surface area contributed by atoms with E-state index < -0.39 is 0 Å². The second kappa shape index (κ2) is 6.25. The molecule has 1 aromatic heterocycles. The Kier molecular flexibility index (Phi) is 4.17. The van der Waals surface area contributed by atoms with Crippen LogP contribution in [0, 0.1) is 0 Å². The van der Waals surface area contributed by atoms with Gasteiger partial charge in [0.1, 0.15) is 18.4 Å². The average molecular weight is 304 g/mol. The molecule has 3 heterocycles.